The van der Waals surface area contributed by atoms with Gasteiger partial charge in [-0.05, 0) is 63.7 Å². The maximum Gasteiger partial charge on any atom is 0.160 e. The van der Waals surface area contributed by atoms with E-state index >= 15 is 0 Å². The molecule has 0 aliphatic carbocycles. The van der Waals surface area contributed by atoms with Gasteiger partial charge in [0.25, 0.3) is 0 Å². The molecular formula is C55H35N3S. The van der Waals surface area contributed by atoms with Crippen molar-refractivity contribution in [2.45, 2.75) is 0 Å². The molecule has 59 heavy (non-hydrogen) atoms. The van der Waals surface area contributed by atoms with Crippen molar-refractivity contribution >= 4 is 43.2 Å². The largest absolute Gasteiger partial charge is 0.247 e. The van der Waals surface area contributed by atoms with E-state index in [-0.39, 0.29) is 0 Å². The van der Waals surface area contributed by atoms with Gasteiger partial charge in [-0.2, -0.15) is 0 Å². The van der Waals surface area contributed by atoms with Crippen molar-refractivity contribution in [3.05, 3.63) is 212 Å². The Balaban J connectivity index is 1.18. The molecular weight excluding hydrogens is 735 g/mol. The predicted octanol–water partition coefficient (Wildman–Crippen LogP) is 15.1. The fourth-order valence-electron chi connectivity index (χ4n) is 8.23. The van der Waals surface area contributed by atoms with Gasteiger partial charge in [-0.1, -0.05) is 182 Å². The number of thiophene rings is 1. The van der Waals surface area contributed by atoms with Crippen LogP contribution in [0.5, 0.6) is 0 Å². The molecule has 0 atom stereocenters. The van der Waals surface area contributed by atoms with Crippen LogP contribution < -0.4 is 0 Å². The molecule has 11 rings (SSSR count). The molecule has 3 heterocycles. The van der Waals surface area contributed by atoms with Crippen LogP contribution in [-0.2, 0) is 0 Å². The van der Waals surface area contributed by atoms with Crippen molar-refractivity contribution in [2.75, 3.05) is 0 Å². The highest BCUT2D eigenvalue weighted by Gasteiger charge is 2.24. The van der Waals surface area contributed by atoms with Crippen LogP contribution >= 0.6 is 11.3 Å². The molecule has 0 amide bonds. The lowest BCUT2D eigenvalue weighted by atomic mass is 9.90. The molecule has 0 fully saturated rings. The summed E-state index contributed by atoms with van der Waals surface area (Å²) >= 11 is 1.85. The Hall–Kier alpha value is -7.53. The fourth-order valence-corrected chi connectivity index (χ4v) is 9.59. The lowest BCUT2D eigenvalue weighted by molar-refractivity contribution is 1.23. The summed E-state index contributed by atoms with van der Waals surface area (Å²) in [6.45, 7) is 0. The van der Waals surface area contributed by atoms with E-state index in [2.05, 4.69) is 188 Å². The number of nitrogens with zero attached hydrogens (tertiary/aromatic N) is 3. The van der Waals surface area contributed by atoms with Gasteiger partial charge in [-0.25, -0.2) is 15.0 Å². The van der Waals surface area contributed by atoms with E-state index in [1.807, 2.05) is 35.6 Å². The molecule has 0 saturated carbocycles. The highest BCUT2D eigenvalue weighted by Crippen LogP contribution is 2.51. The first-order valence-corrected chi connectivity index (χ1v) is 20.7. The van der Waals surface area contributed by atoms with E-state index in [0.29, 0.717) is 0 Å². The number of benzene rings is 8. The van der Waals surface area contributed by atoms with E-state index in [4.69, 9.17) is 15.0 Å². The SMILES string of the molecule is c1ccc(-c2cc(-c3ccccc3)cc(-c3c(-c4ccc(-c5nc(-c6ccccc6)nc6ccccc56)cc4)sc4c3c(-c3ccccc3)nc3ccccc34)c2)cc1. The molecule has 0 spiro atoms. The van der Waals surface area contributed by atoms with Gasteiger partial charge in [0.2, 0.25) is 0 Å². The zero-order valence-corrected chi connectivity index (χ0v) is 32.8. The number of para-hydroxylation sites is 2. The van der Waals surface area contributed by atoms with E-state index < -0.39 is 0 Å². The summed E-state index contributed by atoms with van der Waals surface area (Å²) < 4.78 is 1.23. The van der Waals surface area contributed by atoms with Crippen LogP contribution in [-0.4, -0.2) is 15.0 Å². The summed E-state index contributed by atoms with van der Waals surface area (Å²) in [6, 6.07) is 75.1. The summed E-state index contributed by atoms with van der Waals surface area (Å²) in [7, 11) is 0. The molecule has 3 nitrogen and oxygen atoms in total. The third-order valence-corrected chi connectivity index (χ3v) is 12.3. The number of hydrogen-bond acceptors (Lipinski definition) is 4. The van der Waals surface area contributed by atoms with Crippen molar-refractivity contribution in [3.8, 4) is 77.7 Å². The Morgan fingerprint density at radius 3 is 1.37 bits per heavy atom. The van der Waals surface area contributed by atoms with Gasteiger partial charge < -0.3 is 0 Å². The minimum Gasteiger partial charge on any atom is -0.247 e. The Morgan fingerprint density at radius 1 is 0.305 bits per heavy atom. The fraction of sp³-hybridized carbons (Fsp3) is 0. The molecule has 0 aliphatic rings. The Bertz CT molecular complexity index is 3230. The number of fused-ring (bicyclic) bond motifs is 4. The molecule has 0 saturated heterocycles. The van der Waals surface area contributed by atoms with Crippen LogP contribution in [0.4, 0.5) is 0 Å². The molecule has 8 aromatic carbocycles. The first kappa shape index (κ1) is 34.7. The van der Waals surface area contributed by atoms with Crippen LogP contribution in [0.25, 0.3) is 110 Å². The average molecular weight is 770 g/mol. The third kappa shape index (κ3) is 6.37. The minimum absolute atomic E-state index is 0.718. The molecule has 0 unspecified atom stereocenters. The quantitative estimate of drug-likeness (QED) is 0.162. The minimum atomic E-state index is 0.718. The molecule has 276 valence electrons. The summed E-state index contributed by atoms with van der Waals surface area (Å²) in [5, 5.41) is 3.34. The predicted molar refractivity (Wildman–Crippen MR) is 248 cm³/mol. The zero-order valence-electron chi connectivity index (χ0n) is 32.0. The van der Waals surface area contributed by atoms with Gasteiger partial charge in [0.1, 0.15) is 0 Å². The first-order valence-electron chi connectivity index (χ1n) is 19.9. The lowest BCUT2D eigenvalue weighted by Gasteiger charge is -2.15. The second-order valence-corrected chi connectivity index (χ2v) is 15.8. The maximum atomic E-state index is 5.44. The van der Waals surface area contributed by atoms with Gasteiger partial charge in [0.05, 0.1) is 22.4 Å². The smallest absolute Gasteiger partial charge is 0.160 e. The van der Waals surface area contributed by atoms with E-state index in [1.165, 1.54) is 37.4 Å². The standard InChI is InChI=1S/C55H35N3S/c1-5-17-36(18-6-1)42-33-43(37-19-7-2-8-20-37)35-44(34-42)49-50-52(38-21-9-3-10-22-38)56-48-28-16-14-26-46(48)54(50)59-53(49)40-31-29-39(30-32-40)51-45-25-13-15-27-47(45)57-55(58-51)41-23-11-4-12-24-41/h1-35H. The van der Waals surface area contributed by atoms with Crippen LogP contribution in [0.2, 0.25) is 0 Å². The second kappa shape index (κ2) is 14.8. The summed E-state index contributed by atoms with van der Waals surface area (Å²) in [4.78, 5) is 16.8. The monoisotopic (exact) mass is 769 g/mol. The first-order chi connectivity index (χ1) is 29.2. The topological polar surface area (TPSA) is 38.7 Å². The molecule has 3 aromatic heterocycles. The Labute approximate surface area is 346 Å². The highest BCUT2D eigenvalue weighted by molar-refractivity contribution is 7.24. The van der Waals surface area contributed by atoms with E-state index in [0.717, 1.165) is 72.2 Å². The van der Waals surface area contributed by atoms with Gasteiger partial charge in [-0.15, -0.1) is 11.3 Å². The van der Waals surface area contributed by atoms with Gasteiger partial charge in [0, 0.05) is 48.0 Å². The number of aromatic nitrogens is 3. The molecule has 0 bridgehead atoms. The highest BCUT2D eigenvalue weighted by atomic mass is 32.1. The molecule has 0 radical (unpaired) electrons. The number of rotatable bonds is 7. The van der Waals surface area contributed by atoms with Gasteiger partial charge in [-0.3, -0.25) is 0 Å². The van der Waals surface area contributed by atoms with Gasteiger partial charge >= 0.3 is 0 Å². The van der Waals surface area contributed by atoms with Crippen LogP contribution in [0, 0.1) is 0 Å². The molecule has 11 aromatic rings. The Morgan fingerprint density at radius 2 is 0.763 bits per heavy atom. The Kier molecular flexibility index (Phi) is 8.68. The maximum absolute atomic E-state index is 5.44. The lowest BCUT2D eigenvalue weighted by Crippen LogP contribution is -1.95. The van der Waals surface area contributed by atoms with Crippen molar-refractivity contribution < 1.29 is 0 Å². The third-order valence-electron chi connectivity index (χ3n) is 11.1. The zero-order chi connectivity index (χ0) is 39.1. The van der Waals surface area contributed by atoms with Crippen molar-refractivity contribution in [3.63, 3.8) is 0 Å². The number of hydrogen-bond donors (Lipinski definition) is 0. The number of pyridine rings is 1. The van der Waals surface area contributed by atoms with E-state index in [1.54, 1.807) is 0 Å². The summed E-state index contributed by atoms with van der Waals surface area (Å²) in [5.74, 6) is 0.718. The average Bonchev–Trinajstić information content (AvgIpc) is 3.73. The van der Waals surface area contributed by atoms with E-state index in [9.17, 15) is 0 Å². The van der Waals surface area contributed by atoms with Crippen LogP contribution in [0.15, 0.2) is 212 Å². The van der Waals surface area contributed by atoms with Crippen molar-refractivity contribution in [1.29, 1.82) is 0 Å². The van der Waals surface area contributed by atoms with Crippen LogP contribution in [0.3, 0.4) is 0 Å². The molecule has 4 heteroatoms. The normalized spacial score (nSPS) is 11.4. The second-order valence-electron chi connectivity index (χ2n) is 14.7. The molecule has 0 N–H and O–H groups in total. The summed E-state index contributed by atoms with van der Waals surface area (Å²) in [6.07, 6.45) is 0. The van der Waals surface area contributed by atoms with Crippen LogP contribution in [0.1, 0.15) is 0 Å². The van der Waals surface area contributed by atoms with Crippen molar-refractivity contribution in [2.24, 2.45) is 0 Å². The summed E-state index contributed by atoms with van der Waals surface area (Å²) in [5.41, 5.74) is 15.1. The molecule has 0 aliphatic heterocycles. The van der Waals surface area contributed by atoms with Crippen molar-refractivity contribution in [1.82, 2.24) is 15.0 Å². The van der Waals surface area contributed by atoms with Gasteiger partial charge in [0.15, 0.2) is 5.82 Å².